The second-order valence-corrected chi connectivity index (χ2v) is 5.93. The van der Waals surface area contributed by atoms with Gasteiger partial charge in [0.25, 0.3) is 5.56 Å². The van der Waals surface area contributed by atoms with Crippen LogP contribution in [0, 0.1) is 0 Å². The first-order chi connectivity index (χ1) is 10.2. The molecule has 1 aromatic heterocycles. The van der Waals surface area contributed by atoms with Gasteiger partial charge in [0.2, 0.25) is 0 Å². The van der Waals surface area contributed by atoms with Gasteiger partial charge in [0.15, 0.2) is 5.16 Å². The highest BCUT2D eigenvalue weighted by molar-refractivity contribution is 7.98. The first kappa shape index (κ1) is 14.2. The number of fused-ring (bicyclic) bond motifs is 1. The molecular weight excluding hydrogens is 286 g/mol. The molecule has 2 N–H and O–H groups in total. The highest BCUT2D eigenvalue weighted by Gasteiger charge is 2.21. The number of benzene rings is 1. The minimum Gasteiger partial charge on any atom is -0.508 e. The molecule has 21 heavy (non-hydrogen) atoms. The van der Waals surface area contributed by atoms with Crippen molar-refractivity contribution >= 4 is 11.8 Å². The number of H-pyrrole nitrogens is 1. The number of aromatic amines is 1. The number of hydrogen-bond acceptors (Lipinski definition) is 5. The van der Waals surface area contributed by atoms with E-state index < -0.39 is 0 Å². The molecule has 1 aliphatic rings. The fourth-order valence-corrected chi connectivity index (χ4v) is 3.00. The number of phenols is 1. The predicted octanol–water partition coefficient (Wildman–Crippen LogP) is 1.76. The number of nitrogens with zero attached hydrogens (tertiary/aromatic N) is 2. The molecule has 3 rings (SSSR count). The number of hydrogen-bond donors (Lipinski definition) is 2. The zero-order chi connectivity index (χ0) is 14.8. The Morgan fingerprint density at radius 1 is 1.48 bits per heavy atom. The van der Waals surface area contributed by atoms with Gasteiger partial charge in [0, 0.05) is 26.1 Å². The van der Waals surface area contributed by atoms with Gasteiger partial charge >= 0.3 is 0 Å². The summed E-state index contributed by atoms with van der Waals surface area (Å²) in [6.07, 6.45) is 2.69. The SMILES string of the molecule is CSc1nc2c(c(=O)[nH]1)CN(Cc1cccc(O)c1)CC2. The monoisotopic (exact) mass is 303 g/mol. The van der Waals surface area contributed by atoms with Crippen molar-refractivity contribution in [3.63, 3.8) is 0 Å². The Morgan fingerprint density at radius 2 is 2.33 bits per heavy atom. The fraction of sp³-hybridized carbons (Fsp3) is 0.333. The lowest BCUT2D eigenvalue weighted by atomic mass is 10.1. The average molecular weight is 303 g/mol. The van der Waals surface area contributed by atoms with Crippen LogP contribution >= 0.6 is 11.8 Å². The number of aromatic nitrogens is 2. The normalized spacial score (nSPS) is 14.9. The standard InChI is InChI=1S/C15H17N3O2S/c1-21-15-16-13-5-6-18(9-12(13)14(20)17-15)8-10-3-2-4-11(19)7-10/h2-4,7,19H,5-6,8-9H2,1H3,(H,16,17,20). The Balaban J connectivity index is 1.80. The van der Waals surface area contributed by atoms with Crippen molar-refractivity contribution in [1.82, 2.24) is 14.9 Å². The fourth-order valence-electron chi connectivity index (χ4n) is 2.60. The van der Waals surface area contributed by atoms with E-state index in [1.807, 2.05) is 18.4 Å². The molecule has 1 aliphatic heterocycles. The highest BCUT2D eigenvalue weighted by atomic mass is 32.2. The maximum absolute atomic E-state index is 12.1. The highest BCUT2D eigenvalue weighted by Crippen LogP contribution is 2.19. The number of phenolic OH excluding ortho intramolecular Hbond substituents is 1. The van der Waals surface area contributed by atoms with Crippen LogP contribution in [0.1, 0.15) is 16.8 Å². The van der Waals surface area contributed by atoms with Crippen molar-refractivity contribution < 1.29 is 5.11 Å². The second-order valence-electron chi connectivity index (χ2n) is 5.13. The summed E-state index contributed by atoms with van der Waals surface area (Å²) in [5.74, 6) is 0.272. The van der Waals surface area contributed by atoms with Crippen molar-refractivity contribution in [1.29, 1.82) is 0 Å². The van der Waals surface area contributed by atoms with Crippen molar-refractivity contribution in [3.05, 3.63) is 51.4 Å². The molecule has 0 aliphatic carbocycles. The Bertz CT molecular complexity index is 714. The summed E-state index contributed by atoms with van der Waals surface area (Å²) in [6.45, 7) is 2.19. The molecule has 5 nitrogen and oxygen atoms in total. The van der Waals surface area contributed by atoms with E-state index in [2.05, 4.69) is 14.9 Å². The Hall–Kier alpha value is -1.79. The molecule has 0 atom stereocenters. The van der Waals surface area contributed by atoms with Crippen LogP contribution in [-0.2, 0) is 19.5 Å². The number of nitrogens with one attached hydrogen (secondary N) is 1. The van der Waals surface area contributed by atoms with E-state index in [9.17, 15) is 9.90 Å². The van der Waals surface area contributed by atoms with Crippen LogP contribution in [0.25, 0.3) is 0 Å². The zero-order valence-electron chi connectivity index (χ0n) is 11.8. The number of aromatic hydroxyl groups is 1. The minimum atomic E-state index is -0.0371. The third-order valence-corrected chi connectivity index (χ3v) is 4.22. The van der Waals surface area contributed by atoms with Gasteiger partial charge in [-0.3, -0.25) is 9.69 Å². The van der Waals surface area contributed by atoms with Gasteiger partial charge < -0.3 is 10.1 Å². The molecule has 0 radical (unpaired) electrons. The number of thioether (sulfide) groups is 1. The summed E-state index contributed by atoms with van der Waals surface area (Å²) in [5.41, 5.74) is 2.68. The number of rotatable bonds is 3. The van der Waals surface area contributed by atoms with Crippen LogP contribution in [0.4, 0.5) is 0 Å². The summed E-state index contributed by atoms with van der Waals surface area (Å²) < 4.78 is 0. The third kappa shape index (κ3) is 3.11. The summed E-state index contributed by atoms with van der Waals surface area (Å²) in [6, 6.07) is 7.23. The van der Waals surface area contributed by atoms with Gasteiger partial charge in [0.05, 0.1) is 11.3 Å². The van der Waals surface area contributed by atoms with Crippen LogP contribution in [-0.4, -0.2) is 32.8 Å². The van der Waals surface area contributed by atoms with E-state index in [0.29, 0.717) is 11.7 Å². The summed E-state index contributed by atoms with van der Waals surface area (Å²) in [5, 5.41) is 10.2. The van der Waals surface area contributed by atoms with Crippen LogP contribution in [0.5, 0.6) is 5.75 Å². The zero-order valence-corrected chi connectivity index (χ0v) is 12.6. The lowest BCUT2D eigenvalue weighted by molar-refractivity contribution is 0.240. The van der Waals surface area contributed by atoms with E-state index in [4.69, 9.17) is 0 Å². The van der Waals surface area contributed by atoms with E-state index in [0.717, 1.165) is 36.3 Å². The topological polar surface area (TPSA) is 69.2 Å². The minimum absolute atomic E-state index is 0.0371. The van der Waals surface area contributed by atoms with Gasteiger partial charge in [0.1, 0.15) is 5.75 Å². The van der Waals surface area contributed by atoms with E-state index >= 15 is 0 Å². The second kappa shape index (κ2) is 5.91. The van der Waals surface area contributed by atoms with Crippen molar-refractivity contribution in [3.8, 4) is 5.75 Å². The predicted molar refractivity (Wildman–Crippen MR) is 82.6 cm³/mol. The molecule has 0 bridgehead atoms. The molecular formula is C15H17N3O2S. The van der Waals surface area contributed by atoms with Gasteiger partial charge in [-0.2, -0.15) is 0 Å². The molecule has 0 saturated heterocycles. The van der Waals surface area contributed by atoms with Crippen molar-refractivity contribution in [2.45, 2.75) is 24.7 Å². The van der Waals surface area contributed by atoms with E-state index in [1.165, 1.54) is 11.8 Å². The first-order valence-corrected chi connectivity index (χ1v) is 8.04. The van der Waals surface area contributed by atoms with Gasteiger partial charge in [-0.05, 0) is 24.0 Å². The summed E-state index contributed by atoms with van der Waals surface area (Å²) >= 11 is 1.45. The Kier molecular flexibility index (Phi) is 3.98. The largest absolute Gasteiger partial charge is 0.508 e. The summed E-state index contributed by atoms with van der Waals surface area (Å²) in [7, 11) is 0. The van der Waals surface area contributed by atoms with Crippen LogP contribution in [0.15, 0.2) is 34.2 Å². The van der Waals surface area contributed by atoms with Gasteiger partial charge in [-0.15, -0.1) is 0 Å². The average Bonchev–Trinajstić information content (AvgIpc) is 2.47. The van der Waals surface area contributed by atoms with Gasteiger partial charge in [-0.1, -0.05) is 23.9 Å². The lowest BCUT2D eigenvalue weighted by Crippen LogP contribution is -2.35. The van der Waals surface area contributed by atoms with Gasteiger partial charge in [-0.25, -0.2) is 4.98 Å². The molecule has 2 aromatic rings. The molecule has 1 aromatic carbocycles. The molecule has 6 heteroatoms. The summed E-state index contributed by atoms with van der Waals surface area (Å²) in [4.78, 5) is 21.6. The molecule has 0 fully saturated rings. The molecule has 0 saturated carbocycles. The van der Waals surface area contributed by atoms with Crippen LogP contribution in [0.2, 0.25) is 0 Å². The van der Waals surface area contributed by atoms with Crippen LogP contribution in [0.3, 0.4) is 0 Å². The first-order valence-electron chi connectivity index (χ1n) is 6.82. The van der Waals surface area contributed by atoms with E-state index in [1.54, 1.807) is 12.1 Å². The Morgan fingerprint density at radius 3 is 3.10 bits per heavy atom. The Labute approximate surface area is 127 Å². The smallest absolute Gasteiger partial charge is 0.256 e. The molecule has 2 heterocycles. The van der Waals surface area contributed by atoms with Crippen LogP contribution < -0.4 is 5.56 Å². The maximum atomic E-state index is 12.1. The molecule has 0 unspecified atom stereocenters. The molecule has 0 spiro atoms. The molecule has 110 valence electrons. The van der Waals surface area contributed by atoms with E-state index in [-0.39, 0.29) is 11.3 Å². The van der Waals surface area contributed by atoms with Crippen molar-refractivity contribution in [2.24, 2.45) is 0 Å². The third-order valence-electron chi connectivity index (χ3n) is 3.64. The maximum Gasteiger partial charge on any atom is 0.256 e. The molecule has 0 amide bonds. The van der Waals surface area contributed by atoms with Crippen molar-refractivity contribution in [2.75, 3.05) is 12.8 Å². The quantitative estimate of drug-likeness (QED) is 0.668. The lowest BCUT2D eigenvalue weighted by Gasteiger charge is -2.27.